The number of allylic oxidation sites excluding steroid dienone is 4. The average molecular weight is 1320 g/mol. The van der Waals surface area contributed by atoms with E-state index in [1.54, 1.807) is 0 Å². The number of hydrogen-bond donors (Lipinski definition) is 12. The van der Waals surface area contributed by atoms with Crippen LogP contribution in [-0.2, 0) is 33.2 Å². The van der Waals surface area contributed by atoms with Gasteiger partial charge in [0.15, 0.2) is 18.9 Å². The van der Waals surface area contributed by atoms with Crippen LogP contribution in [0.3, 0.4) is 0 Å². The van der Waals surface area contributed by atoms with Crippen molar-refractivity contribution < 1.29 is 89.4 Å². The lowest BCUT2D eigenvalue weighted by molar-refractivity contribution is -0.379. The molecule has 92 heavy (non-hydrogen) atoms. The standard InChI is InChI=1S/C73H137NO18/c1-3-5-7-9-11-13-15-17-19-20-21-22-23-24-25-26-27-28-29-30-31-32-33-34-35-36-37-38-40-42-44-46-48-50-57(78)56(74-61(79)51-49-47-45-43-41-39-18-16-14-12-10-8-6-4-2)55-87-71-67(85)64(82)69(59(53-76)89-71)92-73-68(86)65(83)70(60(54-77)90-73)91-72-66(84)63(81)62(80)58(52-75)88-72/h10,12,16,18,56-60,62-73,75-78,80-86H,3-9,11,13-15,17,19-55H2,1-2H3,(H,74,79)/b12-10-,18-16-. The first kappa shape index (κ1) is 84.5. The lowest BCUT2D eigenvalue weighted by Gasteiger charge is -2.48. The van der Waals surface area contributed by atoms with Crippen LogP contribution in [0.4, 0.5) is 0 Å². The zero-order valence-corrected chi connectivity index (χ0v) is 57.5. The Bertz CT molecular complexity index is 1760. The molecule has 0 radical (unpaired) electrons. The number of carbonyl (C=O) groups excluding carboxylic acids is 1. The minimum Gasteiger partial charge on any atom is -0.394 e. The highest BCUT2D eigenvalue weighted by Crippen LogP contribution is 2.33. The lowest BCUT2D eigenvalue weighted by atomic mass is 9.96. The van der Waals surface area contributed by atoms with E-state index in [2.05, 4.69) is 43.5 Å². The summed E-state index contributed by atoms with van der Waals surface area (Å²) in [6, 6.07) is -0.894. The zero-order chi connectivity index (χ0) is 66.8. The van der Waals surface area contributed by atoms with Gasteiger partial charge in [0.2, 0.25) is 5.91 Å². The van der Waals surface area contributed by atoms with Gasteiger partial charge in [0.25, 0.3) is 0 Å². The van der Waals surface area contributed by atoms with Crippen LogP contribution in [0.25, 0.3) is 0 Å². The molecular weight excluding hydrogens is 1180 g/mol. The van der Waals surface area contributed by atoms with E-state index in [4.69, 9.17) is 28.4 Å². The number of amides is 1. The third kappa shape index (κ3) is 36.2. The monoisotopic (exact) mass is 1320 g/mol. The molecule has 17 atom stereocenters. The van der Waals surface area contributed by atoms with Crippen molar-refractivity contribution in [3.63, 3.8) is 0 Å². The molecule has 0 aromatic rings. The van der Waals surface area contributed by atoms with E-state index in [1.807, 2.05) is 0 Å². The van der Waals surface area contributed by atoms with Crippen LogP contribution in [0.2, 0.25) is 0 Å². The van der Waals surface area contributed by atoms with Gasteiger partial charge in [0, 0.05) is 6.42 Å². The van der Waals surface area contributed by atoms with Gasteiger partial charge in [-0.1, -0.05) is 282 Å². The van der Waals surface area contributed by atoms with E-state index in [9.17, 15) is 61.0 Å². The van der Waals surface area contributed by atoms with E-state index in [-0.39, 0.29) is 18.9 Å². The Kier molecular flexibility index (Phi) is 50.7. The number of aliphatic hydroxyl groups is 11. The molecular formula is C73H137NO18. The van der Waals surface area contributed by atoms with Gasteiger partial charge < -0.3 is 89.9 Å². The number of unbranched alkanes of at least 4 members (excludes halogenated alkanes) is 39. The predicted octanol–water partition coefficient (Wildman–Crippen LogP) is 11.0. The molecule has 0 aromatic heterocycles. The fourth-order valence-corrected chi connectivity index (χ4v) is 12.9. The molecule has 0 bridgehead atoms. The molecule has 17 unspecified atom stereocenters. The number of nitrogens with one attached hydrogen (secondary N) is 1. The maximum Gasteiger partial charge on any atom is 0.220 e. The van der Waals surface area contributed by atoms with Crippen LogP contribution in [0.5, 0.6) is 0 Å². The number of aliphatic hydroxyl groups excluding tert-OH is 11. The van der Waals surface area contributed by atoms with Crippen LogP contribution in [0.15, 0.2) is 24.3 Å². The summed E-state index contributed by atoms with van der Waals surface area (Å²) in [5, 5.41) is 121. The average Bonchev–Trinajstić information content (AvgIpc) is 0.827. The molecule has 0 saturated carbocycles. The smallest absolute Gasteiger partial charge is 0.220 e. The van der Waals surface area contributed by atoms with Gasteiger partial charge in [0.05, 0.1) is 38.6 Å². The number of rotatable bonds is 59. The van der Waals surface area contributed by atoms with Crippen molar-refractivity contribution in [1.82, 2.24) is 5.32 Å². The van der Waals surface area contributed by atoms with Gasteiger partial charge in [-0.15, -0.1) is 0 Å². The Morgan fingerprint density at radius 1 is 0.391 bits per heavy atom. The summed E-state index contributed by atoms with van der Waals surface area (Å²) in [4.78, 5) is 13.4. The van der Waals surface area contributed by atoms with Gasteiger partial charge >= 0.3 is 0 Å². The fourth-order valence-electron chi connectivity index (χ4n) is 12.9. The molecule has 3 heterocycles. The number of hydrogen-bond acceptors (Lipinski definition) is 18. The topological polar surface area (TPSA) is 307 Å². The summed E-state index contributed by atoms with van der Waals surface area (Å²) >= 11 is 0. The van der Waals surface area contributed by atoms with Crippen molar-refractivity contribution in [2.24, 2.45) is 0 Å². The van der Waals surface area contributed by atoms with Crippen LogP contribution >= 0.6 is 0 Å². The number of carbonyl (C=O) groups is 1. The summed E-state index contributed by atoms with van der Waals surface area (Å²) in [5.74, 6) is -0.254. The summed E-state index contributed by atoms with van der Waals surface area (Å²) in [5.41, 5.74) is 0. The second-order valence-electron chi connectivity index (χ2n) is 27.1. The fraction of sp³-hybridized carbons (Fsp3) is 0.932. The largest absolute Gasteiger partial charge is 0.394 e. The molecule has 3 rings (SSSR count). The van der Waals surface area contributed by atoms with Crippen molar-refractivity contribution in [3.8, 4) is 0 Å². The molecule has 0 aromatic carbocycles. The number of ether oxygens (including phenoxy) is 6. The Hall–Kier alpha value is -1.73. The first-order valence-electron chi connectivity index (χ1n) is 37.6. The van der Waals surface area contributed by atoms with E-state index in [0.717, 1.165) is 70.6 Å². The van der Waals surface area contributed by atoms with Crippen LogP contribution in [0, 0.1) is 0 Å². The summed E-state index contributed by atoms with van der Waals surface area (Å²) in [6.45, 7) is 1.77. The first-order valence-corrected chi connectivity index (χ1v) is 37.6. The van der Waals surface area contributed by atoms with Crippen molar-refractivity contribution >= 4 is 5.91 Å². The van der Waals surface area contributed by atoms with Crippen molar-refractivity contribution in [1.29, 1.82) is 0 Å². The second kappa shape index (κ2) is 55.2. The van der Waals surface area contributed by atoms with E-state index >= 15 is 0 Å². The Balaban J connectivity index is 1.34. The predicted molar refractivity (Wildman–Crippen MR) is 360 cm³/mol. The molecule has 3 aliphatic heterocycles. The van der Waals surface area contributed by atoms with Crippen molar-refractivity contribution in [2.45, 2.75) is 407 Å². The van der Waals surface area contributed by atoms with Gasteiger partial charge in [-0.2, -0.15) is 0 Å². The van der Waals surface area contributed by atoms with Crippen LogP contribution in [-0.4, -0.2) is 193 Å². The molecule has 19 nitrogen and oxygen atoms in total. The molecule has 0 aliphatic carbocycles. The van der Waals surface area contributed by atoms with Crippen LogP contribution < -0.4 is 5.32 Å². The minimum atomic E-state index is -1.97. The van der Waals surface area contributed by atoms with Gasteiger partial charge in [-0.25, -0.2) is 0 Å². The van der Waals surface area contributed by atoms with Crippen molar-refractivity contribution in [3.05, 3.63) is 24.3 Å². The molecule has 1 amide bonds. The normalized spacial score (nSPS) is 27.8. The molecule has 3 aliphatic rings. The van der Waals surface area contributed by atoms with E-state index in [0.29, 0.717) is 12.8 Å². The van der Waals surface area contributed by atoms with Gasteiger partial charge in [0.1, 0.15) is 73.2 Å². The highest BCUT2D eigenvalue weighted by Gasteiger charge is 2.53. The third-order valence-corrected chi connectivity index (χ3v) is 19.0. The molecule has 19 heteroatoms. The summed E-state index contributed by atoms with van der Waals surface area (Å²) < 4.78 is 34.4. The van der Waals surface area contributed by atoms with Crippen molar-refractivity contribution in [2.75, 3.05) is 26.4 Å². The maximum absolute atomic E-state index is 13.4. The quantitative estimate of drug-likeness (QED) is 0.0199. The summed E-state index contributed by atoms with van der Waals surface area (Å²) in [6.07, 6.45) is 37.2. The maximum atomic E-state index is 13.4. The highest BCUT2D eigenvalue weighted by molar-refractivity contribution is 5.76. The van der Waals surface area contributed by atoms with Gasteiger partial charge in [-0.3, -0.25) is 4.79 Å². The first-order chi connectivity index (χ1) is 44.8. The molecule has 12 N–H and O–H groups in total. The third-order valence-electron chi connectivity index (χ3n) is 19.0. The molecule has 0 spiro atoms. The second-order valence-corrected chi connectivity index (χ2v) is 27.1. The Labute approximate surface area is 556 Å². The van der Waals surface area contributed by atoms with Crippen LogP contribution in [0.1, 0.15) is 303 Å². The minimum absolute atomic E-state index is 0.252. The SMILES string of the molecule is CCCC/C=C\C/C=C\CCCCCCCC(=O)NC(COC1OC(CO)C(OC2OC(CO)C(OC3OC(CO)C(O)C(O)C3O)C(O)C2O)C(O)C1O)C(O)CCCCCCCCCCCCCCCCCCCCCCCCCCCCCCCCCCC. The molecule has 3 saturated heterocycles. The van der Waals surface area contributed by atoms with E-state index in [1.165, 1.54) is 199 Å². The summed E-state index contributed by atoms with van der Waals surface area (Å²) in [7, 11) is 0. The Morgan fingerprint density at radius 2 is 0.728 bits per heavy atom. The highest BCUT2D eigenvalue weighted by atomic mass is 16.8. The lowest BCUT2D eigenvalue weighted by Crippen LogP contribution is -2.66. The molecule has 542 valence electrons. The van der Waals surface area contributed by atoms with E-state index < -0.39 is 124 Å². The zero-order valence-electron chi connectivity index (χ0n) is 57.5. The Morgan fingerprint density at radius 3 is 1.14 bits per heavy atom. The van der Waals surface area contributed by atoms with Gasteiger partial charge in [-0.05, 0) is 38.5 Å². The molecule has 3 fully saturated rings.